The van der Waals surface area contributed by atoms with Gasteiger partial charge in [-0.1, -0.05) is 30.3 Å². The van der Waals surface area contributed by atoms with E-state index >= 15 is 0 Å². The van der Waals surface area contributed by atoms with Crippen LogP contribution in [0.15, 0.2) is 42.5 Å². The number of nitrogens with two attached hydrogens (primary N) is 1. The van der Waals surface area contributed by atoms with Crippen molar-refractivity contribution < 1.29 is 14.0 Å². The molecule has 1 aliphatic heterocycles. The first-order chi connectivity index (χ1) is 12.4. The number of rotatable bonds is 5. The van der Waals surface area contributed by atoms with Crippen LogP contribution in [0.2, 0.25) is 0 Å². The van der Waals surface area contributed by atoms with Crippen LogP contribution in [-0.2, 0) is 22.4 Å². The average molecular weight is 355 g/mol. The van der Waals surface area contributed by atoms with Gasteiger partial charge in [0.25, 0.3) is 0 Å². The van der Waals surface area contributed by atoms with E-state index in [1.54, 1.807) is 18.2 Å². The predicted octanol–water partition coefficient (Wildman–Crippen LogP) is 2.07. The number of halogens is 1. The van der Waals surface area contributed by atoms with Crippen LogP contribution >= 0.6 is 0 Å². The van der Waals surface area contributed by atoms with Crippen molar-refractivity contribution in [2.75, 3.05) is 5.32 Å². The number of fused-ring (bicyclic) bond motifs is 1. The number of nitrogens with one attached hydrogen (secondary N) is 2. The highest BCUT2D eigenvalue weighted by atomic mass is 19.1. The van der Waals surface area contributed by atoms with Crippen LogP contribution in [0.3, 0.4) is 0 Å². The van der Waals surface area contributed by atoms with E-state index in [0.717, 1.165) is 16.8 Å². The van der Waals surface area contributed by atoms with Gasteiger partial charge in [-0.15, -0.1) is 0 Å². The molecule has 26 heavy (non-hydrogen) atoms. The molecule has 2 atom stereocenters. The van der Waals surface area contributed by atoms with Gasteiger partial charge >= 0.3 is 0 Å². The zero-order valence-corrected chi connectivity index (χ0v) is 14.6. The summed E-state index contributed by atoms with van der Waals surface area (Å²) < 4.78 is 13.7. The monoisotopic (exact) mass is 355 g/mol. The summed E-state index contributed by atoms with van der Waals surface area (Å²) in [4.78, 5) is 24.5. The van der Waals surface area contributed by atoms with E-state index in [2.05, 4.69) is 10.6 Å². The standard InChI is InChI=1S/C20H22FN3O2/c1-12-5-4-8-17-15(12)11-18(20(26)24-17)23-19(25)10-14(22)9-13-6-2-3-7-16(13)21/h2-8,14,18H,9-11,22H2,1H3,(H,23,25)(H,24,26)/t14-,18?/m1/s1. The summed E-state index contributed by atoms with van der Waals surface area (Å²) in [6.07, 6.45) is 0.736. The predicted molar refractivity (Wildman–Crippen MR) is 98.1 cm³/mol. The molecule has 0 aromatic heterocycles. The smallest absolute Gasteiger partial charge is 0.247 e. The summed E-state index contributed by atoms with van der Waals surface area (Å²) in [5.41, 5.74) is 9.34. The van der Waals surface area contributed by atoms with E-state index in [-0.39, 0.29) is 30.5 Å². The lowest BCUT2D eigenvalue weighted by Crippen LogP contribution is -2.49. The molecule has 2 aromatic carbocycles. The maximum atomic E-state index is 13.7. The summed E-state index contributed by atoms with van der Waals surface area (Å²) in [5, 5.41) is 5.57. The Kier molecular flexibility index (Phi) is 5.32. The Bertz CT molecular complexity index is 838. The highest BCUT2D eigenvalue weighted by Crippen LogP contribution is 2.25. The Labute approximate surface area is 151 Å². The number of amides is 2. The first kappa shape index (κ1) is 18.1. The van der Waals surface area contributed by atoms with Crippen LogP contribution in [0.4, 0.5) is 10.1 Å². The number of carbonyl (C=O) groups is 2. The molecule has 1 heterocycles. The Hall–Kier alpha value is -2.73. The molecule has 3 rings (SSSR count). The second-order valence-electron chi connectivity index (χ2n) is 6.67. The maximum Gasteiger partial charge on any atom is 0.247 e. The minimum atomic E-state index is -0.628. The Morgan fingerprint density at radius 3 is 2.85 bits per heavy atom. The quantitative estimate of drug-likeness (QED) is 0.768. The number of hydrogen-bond acceptors (Lipinski definition) is 3. The van der Waals surface area contributed by atoms with Gasteiger partial charge in [-0.25, -0.2) is 4.39 Å². The van der Waals surface area contributed by atoms with Crippen LogP contribution in [0.5, 0.6) is 0 Å². The summed E-state index contributed by atoms with van der Waals surface area (Å²) in [6.45, 7) is 1.97. The molecule has 0 bridgehead atoms. The third-order valence-corrected chi connectivity index (χ3v) is 4.62. The van der Waals surface area contributed by atoms with Crippen LogP contribution in [0.25, 0.3) is 0 Å². The van der Waals surface area contributed by atoms with Crippen LogP contribution < -0.4 is 16.4 Å². The lowest BCUT2D eigenvalue weighted by molar-refractivity contribution is -0.126. The summed E-state index contributed by atoms with van der Waals surface area (Å²) in [5.74, 6) is -0.882. The van der Waals surface area contributed by atoms with Crippen molar-refractivity contribution in [1.29, 1.82) is 0 Å². The number of carbonyl (C=O) groups excluding carboxylic acids is 2. The highest BCUT2D eigenvalue weighted by molar-refractivity contribution is 6.00. The highest BCUT2D eigenvalue weighted by Gasteiger charge is 2.28. The van der Waals surface area contributed by atoms with Crippen molar-refractivity contribution in [1.82, 2.24) is 5.32 Å². The first-order valence-corrected chi connectivity index (χ1v) is 8.61. The number of benzene rings is 2. The molecule has 136 valence electrons. The zero-order chi connectivity index (χ0) is 18.7. The first-order valence-electron chi connectivity index (χ1n) is 8.61. The van der Waals surface area contributed by atoms with Gasteiger partial charge in [0.05, 0.1) is 0 Å². The van der Waals surface area contributed by atoms with Crippen LogP contribution in [0.1, 0.15) is 23.1 Å². The molecule has 2 amide bonds. The molecule has 6 heteroatoms. The summed E-state index contributed by atoms with van der Waals surface area (Å²) >= 11 is 0. The molecular formula is C20H22FN3O2. The van der Waals surface area contributed by atoms with Gasteiger partial charge < -0.3 is 16.4 Å². The zero-order valence-electron chi connectivity index (χ0n) is 14.6. The molecule has 1 unspecified atom stereocenters. The summed E-state index contributed by atoms with van der Waals surface area (Å²) in [7, 11) is 0. The topological polar surface area (TPSA) is 84.2 Å². The van der Waals surface area contributed by atoms with E-state index in [4.69, 9.17) is 5.73 Å². The second-order valence-corrected chi connectivity index (χ2v) is 6.67. The minimum Gasteiger partial charge on any atom is -0.344 e. The third kappa shape index (κ3) is 4.08. The van der Waals surface area contributed by atoms with E-state index in [9.17, 15) is 14.0 Å². The second kappa shape index (κ2) is 7.66. The van der Waals surface area contributed by atoms with Crippen molar-refractivity contribution >= 4 is 17.5 Å². The van der Waals surface area contributed by atoms with Gasteiger partial charge in [0, 0.05) is 24.6 Å². The van der Waals surface area contributed by atoms with Gasteiger partial charge in [0.1, 0.15) is 11.9 Å². The molecule has 0 fully saturated rings. The van der Waals surface area contributed by atoms with Gasteiger partial charge in [-0.05, 0) is 42.2 Å². The number of hydrogen-bond donors (Lipinski definition) is 3. The molecule has 0 spiro atoms. The summed E-state index contributed by atoms with van der Waals surface area (Å²) in [6, 6.07) is 10.9. The Morgan fingerprint density at radius 1 is 1.31 bits per heavy atom. The van der Waals surface area contributed by atoms with Gasteiger partial charge in [-0.2, -0.15) is 0 Å². The number of anilines is 1. The Morgan fingerprint density at radius 2 is 2.08 bits per heavy atom. The van der Waals surface area contributed by atoms with Crippen molar-refractivity contribution in [3.05, 3.63) is 65.0 Å². The fourth-order valence-electron chi connectivity index (χ4n) is 3.23. The largest absolute Gasteiger partial charge is 0.344 e. The van der Waals surface area contributed by atoms with Crippen LogP contribution in [-0.4, -0.2) is 23.9 Å². The van der Waals surface area contributed by atoms with E-state index in [1.165, 1.54) is 6.07 Å². The minimum absolute atomic E-state index is 0.0265. The van der Waals surface area contributed by atoms with Gasteiger partial charge in [0.2, 0.25) is 11.8 Å². The lowest BCUT2D eigenvalue weighted by atomic mass is 9.94. The van der Waals surface area contributed by atoms with Crippen molar-refractivity contribution in [3.8, 4) is 0 Å². The molecule has 0 saturated heterocycles. The average Bonchev–Trinajstić information content (AvgIpc) is 2.58. The lowest BCUT2D eigenvalue weighted by Gasteiger charge is -2.27. The maximum absolute atomic E-state index is 13.7. The van der Waals surface area contributed by atoms with Crippen molar-refractivity contribution in [2.45, 2.75) is 38.3 Å². The SMILES string of the molecule is Cc1cccc2c1CC(NC(=O)C[C@H](N)Cc1ccccc1F)C(=O)N2. The third-order valence-electron chi connectivity index (χ3n) is 4.62. The fourth-order valence-corrected chi connectivity index (χ4v) is 3.23. The fraction of sp³-hybridized carbons (Fsp3) is 0.300. The normalized spacial score (nSPS) is 17.2. The molecule has 0 saturated carbocycles. The molecule has 4 N–H and O–H groups in total. The molecule has 0 aliphatic carbocycles. The van der Waals surface area contributed by atoms with Crippen molar-refractivity contribution in [2.24, 2.45) is 5.73 Å². The van der Waals surface area contributed by atoms with Gasteiger partial charge in [-0.3, -0.25) is 9.59 Å². The molecule has 0 radical (unpaired) electrons. The van der Waals surface area contributed by atoms with Crippen molar-refractivity contribution in [3.63, 3.8) is 0 Å². The van der Waals surface area contributed by atoms with E-state index in [0.29, 0.717) is 12.0 Å². The van der Waals surface area contributed by atoms with E-state index in [1.807, 2.05) is 25.1 Å². The van der Waals surface area contributed by atoms with E-state index < -0.39 is 12.1 Å². The number of aryl methyl sites for hydroxylation is 1. The molecule has 5 nitrogen and oxygen atoms in total. The van der Waals surface area contributed by atoms with Gasteiger partial charge in [0.15, 0.2) is 0 Å². The molecular weight excluding hydrogens is 333 g/mol. The Balaban J connectivity index is 1.59. The molecule has 2 aromatic rings. The van der Waals surface area contributed by atoms with Crippen LogP contribution in [0, 0.1) is 12.7 Å². The molecule has 1 aliphatic rings.